The van der Waals surface area contributed by atoms with Gasteiger partial charge in [-0.3, -0.25) is 0 Å². The lowest BCUT2D eigenvalue weighted by Crippen LogP contribution is -2.18. The SMILES string of the molecule is O=C(O)c1ccc(OC(F)(F)F)c(S(=O)(=O)Cl)c1. The lowest BCUT2D eigenvalue weighted by atomic mass is 10.2. The normalized spacial score (nSPS) is 12.2. The van der Waals surface area contributed by atoms with Crippen LogP contribution in [0.1, 0.15) is 10.4 Å². The number of hydrogen-bond acceptors (Lipinski definition) is 4. The van der Waals surface area contributed by atoms with Crippen molar-refractivity contribution in [3.8, 4) is 5.75 Å². The lowest BCUT2D eigenvalue weighted by molar-refractivity contribution is -0.275. The van der Waals surface area contributed by atoms with E-state index in [0.29, 0.717) is 12.1 Å². The van der Waals surface area contributed by atoms with Gasteiger partial charge in [0.1, 0.15) is 10.6 Å². The van der Waals surface area contributed by atoms with Crippen LogP contribution in [0.15, 0.2) is 23.1 Å². The number of ether oxygens (including phenoxy) is 1. The third-order valence-electron chi connectivity index (χ3n) is 1.68. The summed E-state index contributed by atoms with van der Waals surface area (Å²) in [4.78, 5) is 9.51. The molecule has 0 radical (unpaired) electrons. The zero-order chi connectivity index (χ0) is 14.1. The van der Waals surface area contributed by atoms with E-state index in [1.54, 1.807) is 0 Å². The van der Waals surface area contributed by atoms with Gasteiger partial charge in [-0.2, -0.15) is 0 Å². The van der Waals surface area contributed by atoms with E-state index in [9.17, 15) is 26.4 Å². The molecule has 0 bridgehead atoms. The summed E-state index contributed by atoms with van der Waals surface area (Å²) in [6.07, 6.45) is -5.12. The third-order valence-corrected chi connectivity index (χ3v) is 3.02. The average Bonchev–Trinajstić information content (AvgIpc) is 2.13. The van der Waals surface area contributed by atoms with Gasteiger partial charge in [0.15, 0.2) is 0 Å². The average molecular weight is 305 g/mol. The highest BCUT2D eigenvalue weighted by molar-refractivity contribution is 8.13. The summed E-state index contributed by atoms with van der Waals surface area (Å²) in [5.74, 6) is -2.61. The summed E-state index contributed by atoms with van der Waals surface area (Å²) >= 11 is 0. The van der Waals surface area contributed by atoms with Gasteiger partial charge in [-0.05, 0) is 18.2 Å². The molecular formula is C8H4ClF3O5S. The Kier molecular flexibility index (Phi) is 3.77. The van der Waals surface area contributed by atoms with Gasteiger partial charge in [0.2, 0.25) is 0 Å². The molecule has 0 atom stereocenters. The number of rotatable bonds is 3. The highest BCUT2D eigenvalue weighted by atomic mass is 35.7. The largest absolute Gasteiger partial charge is 0.573 e. The van der Waals surface area contributed by atoms with E-state index >= 15 is 0 Å². The summed E-state index contributed by atoms with van der Waals surface area (Å²) in [6.45, 7) is 0. The fourth-order valence-corrected chi connectivity index (χ4v) is 2.02. The Hall–Kier alpha value is -1.48. The van der Waals surface area contributed by atoms with E-state index in [-0.39, 0.29) is 0 Å². The van der Waals surface area contributed by atoms with E-state index in [1.165, 1.54) is 0 Å². The first-order valence-corrected chi connectivity index (χ1v) is 6.39. The van der Waals surface area contributed by atoms with Crippen molar-refractivity contribution in [1.82, 2.24) is 0 Å². The maximum atomic E-state index is 12.0. The zero-order valence-electron chi connectivity index (χ0n) is 8.23. The fraction of sp³-hybridized carbons (Fsp3) is 0.125. The second-order valence-corrected chi connectivity index (χ2v) is 5.49. The highest BCUT2D eigenvalue weighted by Crippen LogP contribution is 2.32. The van der Waals surface area contributed by atoms with E-state index < -0.39 is 37.6 Å². The molecule has 0 fully saturated rings. The molecule has 0 aliphatic heterocycles. The summed E-state index contributed by atoms with van der Waals surface area (Å²) in [7, 11) is 0.323. The first kappa shape index (κ1) is 14.6. The number of alkyl halides is 3. The number of carbonyl (C=O) groups is 1. The molecule has 0 unspecified atom stereocenters. The van der Waals surface area contributed by atoms with Gasteiger partial charge < -0.3 is 9.84 Å². The third kappa shape index (κ3) is 3.77. The van der Waals surface area contributed by atoms with Crippen molar-refractivity contribution in [2.45, 2.75) is 11.3 Å². The van der Waals surface area contributed by atoms with Crippen molar-refractivity contribution >= 4 is 25.7 Å². The van der Waals surface area contributed by atoms with Crippen molar-refractivity contribution in [3.05, 3.63) is 23.8 Å². The Bertz CT molecular complexity index is 581. The lowest BCUT2D eigenvalue weighted by Gasteiger charge is -2.11. The van der Waals surface area contributed by atoms with Crippen LogP contribution in [0.4, 0.5) is 13.2 Å². The van der Waals surface area contributed by atoms with E-state index in [2.05, 4.69) is 4.74 Å². The Morgan fingerprint density at radius 3 is 2.28 bits per heavy atom. The van der Waals surface area contributed by atoms with Crippen LogP contribution in [0.2, 0.25) is 0 Å². The van der Waals surface area contributed by atoms with E-state index in [1.807, 2.05) is 0 Å². The number of carboxylic acids is 1. The van der Waals surface area contributed by atoms with Crippen molar-refractivity contribution in [2.24, 2.45) is 0 Å². The van der Waals surface area contributed by atoms with Crippen molar-refractivity contribution in [1.29, 1.82) is 0 Å². The maximum absolute atomic E-state index is 12.0. The predicted molar refractivity (Wildman–Crippen MR) is 53.1 cm³/mol. The molecular weight excluding hydrogens is 301 g/mol. The Labute approximate surface area is 103 Å². The topological polar surface area (TPSA) is 80.7 Å². The van der Waals surface area contributed by atoms with Crippen LogP contribution >= 0.6 is 10.7 Å². The molecule has 18 heavy (non-hydrogen) atoms. The quantitative estimate of drug-likeness (QED) is 0.866. The second kappa shape index (κ2) is 4.65. The number of halogens is 4. The Morgan fingerprint density at radius 1 is 1.33 bits per heavy atom. The molecule has 0 aromatic heterocycles. The minimum atomic E-state index is -5.12. The van der Waals surface area contributed by atoms with Crippen LogP contribution in [-0.2, 0) is 9.05 Å². The van der Waals surface area contributed by atoms with Crippen molar-refractivity contribution in [3.63, 3.8) is 0 Å². The van der Waals surface area contributed by atoms with Crippen LogP contribution in [0, 0.1) is 0 Å². The standard InChI is InChI=1S/C8H4ClF3O5S/c9-18(15,16)6-3-4(7(13)14)1-2-5(6)17-8(10,11)12/h1-3H,(H,13,14). The van der Waals surface area contributed by atoms with Gasteiger partial charge in [-0.25, -0.2) is 13.2 Å². The van der Waals surface area contributed by atoms with Gasteiger partial charge in [0, 0.05) is 10.7 Å². The molecule has 0 saturated carbocycles. The minimum absolute atomic E-state index is 0.478. The molecule has 0 saturated heterocycles. The van der Waals surface area contributed by atoms with E-state index in [0.717, 1.165) is 6.07 Å². The Morgan fingerprint density at radius 2 is 1.89 bits per heavy atom. The number of hydrogen-bond donors (Lipinski definition) is 1. The minimum Gasteiger partial charge on any atom is -0.478 e. The van der Waals surface area contributed by atoms with Gasteiger partial charge >= 0.3 is 12.3 Å². The predicted octanol–water partition coefficient (Wildman–Crippen LogP) is 2.21. The van der Waals surface area contributed by atoms with Gasteiger partial charge in [-0.15, -0.1) is 13.2 Å². The van der Waals surface area contributed by atoms with Crippen LogP contribution < -0.4 is 4.74 Å². The first-order valence-electron chi connectivity index (χ1n) is 4.08. The smallest absolute Gasteiger partial charge is 0.478 e. The summed E-state index contributed by atoms with van der Waals surface area (Å²) in [5, 5.41) is 8.60. The van der Waals surface area contributed by atoms with E-state index in [4.69, 9.17) is 15.8 Å². The Balaban J connectivity index is 3.40. The fourth-order valence-electron chi connectivity index (χ4n) is 1.04. The van der Waals surface area contributed by atoms with Crippen LogP contribution in [-0.4, -0.2) is 25.9 Å². The molecule has 1 aromatic rings. The molecule has 0 amide bonds. The summed E-state index contributed by atoms with van der Waals surface area (Å²) in [5.41, 5.74) is -0.538. The summed E-state index contributed by atoms with van der Waals surface area (Å²) in [6, 6.07) is 1.80. The van der Waals surface area contributed by atoms with Crippen molar-refractivity contribution in [2.75, 3.05) is 0 Å². The molecule has 0 aliphatic carbocycles. The van der Waals surface area contributed by atoms with Gasteiger partial charge in [0.05, 0.1) is 5.56 Å². The van der Waals surface area contributed by atoms with Crippen molar-refractivity contribution < 1.29 is 36.2 Å². The van der Waals surface area contributed by atoms with Gasteiger partial charge in [0.25, 0.3) is 9.05 Å². The molecule has 0 aliphatic rings. The molecule has 1 aromatic carbocycles. The molecule has 0 spiro atoms. The maximum Gasteiger partial charge on any atom is 0.573 e. The van der Waals surface area contributed by atoms with Crippen LogP contribution in [0.25, 0.3) is 0 Å². The van der Waals surface area contributed by atoms with Gasteiger partial charge in [-0.1, -0.05) is 0 Å². The highest BCUT2D eigenvalue weighted by Gasteiger charge is 2.34. The van der Waals surface area contributed by atoms with Crippen LogP contribution in [0.3, 0.4) is 0 Å². The number of aromatic carboxylic acids is 1. The monoisotopic (exact) mass is 304 g/mol. The molecule has 0 heterocycles. The van der Waals surface area contributed by atoms with Crippen LogP contribution in [0.5, 0.6) is 5.75 Å². The molecule has 100 valence electrons. The zero-order valence-corrected chi connectivity index (χ0v) is 9.80. The second-order valence-electron chi connectivity index (χ2n) is 2.95. The molecule has 10 heteroatoms. The number of benzene rings is 1. The number of carboxylic acid groups (broad SMARTS) is 1. The molecule has 5 nitrogen and oxygen atoms in total. The molecule has 1 N–H and O–H groups in total. The summed E-state index contributed by atoms with van der Waals surface area (Å²) < 4.78 is 61.5. The first-order chi connectivity index (χ1) is 8.00. The molecule has 1 rings (SSSR count).